The van der Waals surface area contributed by atoms with Gasteiger partial charge in [0.25, 0.3) is 5.91 Å². The van der Waals surface area contributed by atoms with Crippen LogP contribution >= 0.6 is 0 Å². The van der Waals surface area contributed by atoms with Crippen LogP contribution in [0.15, 0.2) is 65.9 Å². The van der Waals surface area contributed by atoms with E-state index in [1.165, 1.54) is 6.92 Å². The first-order chi connectivity index (χ1) is 12.8. The molecule has 140 valence electrons. The molecule has 0 saturated carbocycles. The molecule has 0 radical (unpaired) electrons. The van der Waals surface area contributed by atoms with Gasteiger partial charge in [-0.1, -0.05) is 30.3 Å². The van der Waals surface area contributed by atoms with Crippen molar-refractivity contribution >= 4 is 11.9 Å². The van der Waals surface area contributed by atoms with Crippen LogP contribution in [0.1, 0.15) is 26.3 Å². The molecule has 1 amide bonds. The molecule has 2 aromatic rings. The topological polar surface area (TPSA) is 73.9 Å². The second-order valence-corrected chi connectivity index (χ2v) is 6.59. The number of carbonyl (C=O) groups excluding carboxylic acids is 2. The van der Waals surface area contributed by atoms with E-state index in [2.05, 4.69) is 5.32 Å². The van der Waals surface area contributed by atoms with Crippen molar-refractivity contribution in [1.82, 2.24) is 5.32 Å². The minimum Gasteiger partial charge on any atom is -0.457 e. The number of cyclic esters (lactones) is 1. The number of esters is 1. The molecular formula is C21H21NO5. The number of nitrogens with one attached hydrogen (secondary N) is 1. The zero-order chi connectivity index (χ0) is 19.4. The third-order valence-electron chi connectivity index (χ3n) is 3.88. The summed E-state index contributed by atoms with van der Waals surface area (Å²) in [5, 5.41) is 2.77. The van der Waals surface area contributed by atoms with Gasteiger partial charge in [-0.2, -0.15) is 0 Å². The van der Waals surface area contributed by atoms with E-state index >= 15 is 0 Å². The Hall–Kier alpha value is -3.28. The summed E-state index contributed by atoms with van der Waals surface area (Å²) in [6.07, 6.45) is 0. The number of benzene rings is 2. The normalized spacial score (nSPS) is 16.9. The maximum atomic E-state index is 12.3. The van der Waals surface area contributed by atoms with Gasteiger partial charge in [-0.25, -0.2) is 4.79 Å². The molecule has 6 heteroatoms. The van der Waals surface area contributed by atoms with E-state index in [1.54, 1.807) is 13.8 Å². The quantitative estimate of drug-likeness (QED) is 0.645. The Labute approximate surface area is 157 Å². The highest BCUT2D eigenvalue weighted by Crippen LogP contribution is 2.28. The first kappa shape index (κ1) is 18.5. The van der Waals surface area contributed by atoms with Crippen molar-refractivity contribution in [1.29, 1.82) is 0 Å². The van der Waals surface area contributed by atoms with Gasteiger partial charge in [0.1, 0.15) is 11.5 Å². The molecule has 1 fully saturated rings. The Morgan fingerprint density at radius 1 is 1.04 bits per heavy atom. The fraction of sp³-hybridized carbons (Fsp3) is 0.238. The summed E-state index contributed by atoms with van der Waals surface area (Å²) >= 11 is 0. The number of para-hydroxylation sites is 1. The lowest BCUT2D eigenvalue weighted by Crippen LogP contribution is -2.25. The lowest BCUT2D eigenvalue weighted by atomic mass is 10.2. The fourth-order valence-electron chi connectivity index (χ4n) is 2.57. The molecule has 1 saturated heterocycles. The van der Waals surface area contributed by atoms with Crippen LogP contribution in [0.25, 0.3) is 0 Å². The second kappa shape index (κ2) is 7.53. The minimum atomic E-state index is -1.06. The average molecular weight is 367 g/mol. The molecule has 0 bridgehead atoms. The third kappa shape index (κ3) is 4.67. The summed E-state index contributed by atoms with van der Waals surface area (Å²) in [7, 11) is 0. The van der Waals surface area contributed by atoms with Crippen LogP contribution in [0.5, 0.6) is 11.5 Å². The SMILES string of the molecule is CC(C(=O)NCc1cccc(Oc2ccccc2)c1)=C1OC(C)(C)OC1=O. The van der Waals surface area contributed by atoms with E-state index in [-0.39, 0.29) is 17.9 Å². The first-order valence-electron chi connectivity index (χ1n) is 8.57. The van der Waals surface area contributed by atoms with Gasteiger partial charge in [-0.3, -0.25) is 4.79 Å². The fourth-order valence-corrected chi connectivity index (χ4v) is 2.57. The Morgan fingerprint density at radius 2 is 1.74 bits per heavy atom. The third-order valence-corrected chi connectivity index (χ3v) is 3.88. The van der Waals surface area contributed by atoms with Crippen molar-refractivity contribution in [3.05, 3.63) is 71.5 Å². The molecule has 1 heterocycles. The molecule has 27 heavy (non-hydrogen) atoms. The Bertz CT molecular complexity index is 886. The number of ether oxygens (including phenoxy) is 3. The van der Waals surface area contributed by atoms with E-state index in [1.807, 2.05) is 54.6 Å². The molecule has 0 spiro atoms. The average Bonchev–Trinajstić information content (AvgIpc) is 2.92. The van der Waals surface area contributed by atoms with Crippen LogP contribution in [0.3, 0.4) is 0 Å². The van der Waals surface area contributed by atoms with Gasteiger partial charge >= 0.3 is 5.97 Å². The van der Waals surface area contributed by atoms with E-state index in [4.69, 9.17) is 14.2 Å². The number of carbonyl (C=O) groups is 2. The van der Waals surface area contributed by atoms with Gasteiger partial charge in [-0.15, -0.1) is 0 Å². The van der Waals surface area contributed by atoms with Crippen LogP contribution in [0, 0.1) is 0 Å². The van der Waals surface area contributed by atoms with Crippen LogP contribution in [-0.2, 0) is 25.6 Å². The van der Waals surface area contributed by atoms with Crippen LogP contribution < -0.4 is 10.1 Å². The Kier molecular flexibility index (Phi) is 5.16. The van der Waals surface area contributed by atoms with Crippen molar-refractivity contribution in [2.45, 2.75) is 33.1 Å². The molecule has 2 aromatic carbocycles. The molecule has 0 atom stereocenters. The van der Waals surface area contributed by atoms with Crippen LogP contribution in [0.2, 0.25) is 0 Å². The van der Waals surface area contributed by atoms with Crippen LogP contribution in [0.4, 0.5) is 0 Å². The molecule has 3 rings (SSSR count). The summed E-state index contributed by atoms with van der Waals surface area (Å²) in [5.74, 6) is -0.735. The van der Waals surface area contributed by atoms with E-state index in [9.17, 15) is 9.59 Å². The van der Waals surface area contributed by atoms with E-state index < -0.39 is 17.7 Å². The van der Waals surface area contributed by atoms with Gasteiger partial charge in [0.15, 0.2) is 0 Å². The van der Waals surface area contributed by atoms with Gasteiger partial charge < -0.3 is 19.5 Å². The summed E-state index contributed by atoms with van der Waals surface area (Å²) in [4.78, 5) is 24.2. The molecular weight excluding hydrogens is 346 g/mol. The van der Waals surface area contributed by atoms with Crippen molar-refractivity contribution in [2.24, 2.45) is 0 Å². The van der Waals surface area contributed by atoms with Gasteiger partial charge in [0, 0.05) is 20.4 Å². The van der Waals surface area contributed by atoms with Crippen molar-refractivity contribution in [3.8, 4) is 11.5 Å². The van der Waals surface area contributed by atoms with Crippen molar-refractivity contribution in [2.75, 3.05) is 0 Å². The minimum absolute atomic E-state index is 0.0568. The van der Waals surface area contributed by atoms with E-state index in [0.29, 0.717) is 5.75 Å². The largest absolute Gasteiger partial charge is 0.457 e. The number of amides is 1. The smallest absolute Gasteiger partial charge is 0.377 e. The standard InChI is InChI=1S/C21H21NO5/c1-14(18-20(24)27-21(2,3)26-18)19(23)22-13-15-8-7-11-17(12-15)25-16-9-5-4-6-10-16/h4-12H,13H2,1-3H3,(H,22,23). The van der Waals surface area contributed by atoms with Crippen LogP contribution in [-0.4, -0.2) is 17.7 Å². The van der Waals surface area contributed by atoms with Gasteiger partial charge in [0.05, 0.1) is 5.57 Å². The predicted molar refractivity (Wildman–Crippen MR) is 98.8 cm³/mol. The lowest BCUT2D eigenvalue weighted by Gasteiger charge is -2.14. The van der Waals surface area contributed by atoms with E-state index in [0.717, 1.165) is 11.3 Å². The van der Waals surface area contributed by atoms with Crippen molar-refractivity contribution in [3.63, 3.8) is 0 Å². The highest BCUT2D eigenvalue weighted by atomic mass is 16.8. The second-order valence-electron chi connectivity index (χ2n) is 6.59. The highest BCUT2D eigenvalue weighted by Gasteiger charge is 2.39. The monoisotopic (exact) mass is 367 g/mol. The molecule has 0 aromatic heterocycles. The van der Waals surface area contributed by atoms with Gasteiger partial charge in [-0.05, 0) is 36.8 Å². The Morgan fingerprint density at radius 3 is 2.41 bits per heavy atom. The molecule has 0 unspecified atom stereocenters. The Balaban J connectivity index is 1.64. The summed E-state index contributed by atoms with van der Waals surface area (Å²) < 4.78 is 16.2. The number of hydrogen-bond acceptors (Lipinski definition) is 5. The highest BCUT2D eigenvalue weighted by molar-refractivity contribution is 6.01. The summed E-state index contributed by atoms with van der Waals surface area (Å²) in [5.41, 5.74) is 1.05. The summed E-state index contributed by atoms with van der Waals surface area (Å²) in [6.45, 7) is 5.04. The zero-order valence-corrected chi connectivity index (χ0v) is 15.4. The van der Waals surface area contributed by atoms with Crippen molar-refractivity contribution < 1.29 is 23.8 Å². The maximum absolute atomic E-state index is 12.3. The first-order valence-corrected chi connectivity index (χ1v) is 8.57. The zero-order valence-electron chi connectivity index (χ0n) is 15.4. The molecule has 6 nitrogen and oxygen atoms in total. The summed E-state index contributed by atoms with van der Waals surface area (Å²) in [6, 6.07) is 16.9. The van der Waals surface area contributed by atoms with Gasteiger partial charge in [0.2, 0.25) is 11.5 Å². The maximum Gasteiger partial charge on any atom is 0.377 e. The molecule has 1 aliphatic rings. The molecule has 1 N–H and O–H groups in total. The molecule has 1 aliphatic heterocycles. The predicted octanol–water partition coefficient (Wildman–Crippen LogP) is 3.68. The number of rotatable bonds is 5. The molecule has 0 aliphatic carbocycles. The lowest BCUT2D eigenvalue weighted by molar-refractivity contribution is -0.159. The number of hydrogen-bond donors (Lipinski definition) is 1.